The molecule has 0 atom stereocenters. The van der Waals surface area contributed by atoms with E-state index >= 15 is 0 Å². The Morgan fingerprint density at radius 3 is 2.77 bits per heavy atom. The van der Waals surface area contributed by atoms with Gasteiger partial charge in [0.25, 0.3) is 5.88 Å². The molecule has 0 unspecified atom stereocenters. The van der Waals surface area contributed by atoms with E-state index < -0.39 is 17.7 Å². The molecule has 1 N–H and O–H groups in total. The average Bonchev–Trinajstić information content (AvgIpc) is 3.16. The lowest BCUT2D eigenvalue weighted by Gasteiger charge is -2.11. The van der Waals surface area contributed by atoms with Crippen LogP contribution in [0.25, 0.3) is 16.1 Å². The average molecular weight is 455 g/mol. The summed E-state index contributed by atoms with van der Waals surface area (Å²) in [7, 11) is 0. The van der Waals surface area contributed by atoms with Crippen LogP contribution in [0.1, 0.15) is 5.56 Å². The van der Waals surface area contributed by atoms with E-state index in [0.717, 1.165) is 12.1 Å². The number of ether oxygens (including phenoxy) is 1. The van der Waals surface area contributed by atoms with Crippen LogP contribution in [0.2, 0.25) is 5.15 Å². The summed E-state index contributed by atoms with van der Waals surface area (Å²) < 4.78 is 44.5. The van der Waals surface area contributed by atoms with E-state index in [4.69, 9.17) is 11.6 Å². The molecule has 0 saturated heterocycles. The van der Waals surface area contributed by atoms with E-state index in [-0.39, 0.29) is 23.6 Å². The van der Waals surface area contributed by atoms with Crippen molar-refractivity contribution in [2.24, 2.45) is 0 Å². The highest BCUT2D eigenvalue weighted by molar-refractivity contribution is 7.14. The SMILES string of the molecule is O=c1c(-c2cccc(OC(F)(F)F)c2)c(O)n(Cc2ccc(Cl)nc2)c2scc[n+]12. The molecule has 0 aliphatic heterocycles. The fourth-order valence-electron chi connectivity index (χ4n) is 2.99. The first-order valence-electron chi connectivity index (χ1n) is 8.44. The van der Waals surface area contributed by atoms with E-state index in [2.05, 4.69) is 9.72 Å². The van der Waals surface area contributed by atoms with Crippen molar-refractivity contribution >= 4 is 27.9 Å². The van der Waals surface area contributed by atoms with E-state index in [0.29, 0.717) is 15.7 Å². The van der Waals surface area contributed by atoms with Gasteiger partial charge in [0.15, 0.2) is 5.56 Å². The Morgan fingerprint density at radius 1 is 1.27 bits per heavy atom. The van der Waals surface area contributed by atoms with Crippen molar-refractivity contribution in [3.63, 3.8) is 0 Å². The Hall–Kier alpha value is -3.11. The van der Waals surface area contributed by atoms with Gasteiger partial charge in [0.2, 0.25) is 0 Å². The van der Waals surface area contributed by atoms with Crippen molar-refractivity contribution in [2.75, 3.05) is 0 Å². The molecule has 0 saturated carbocycles. The van der Waals surface area contributed by atoms with Crippen LogP contribution in [0, 0.1) is 0 Å². The third-order valence-electron chi connectivity index (χ3n) is 4.22. The number of aromatic hydroxyl groups is 1. The first-order chi connectivity index (χ1) is 14.2. The van der Waals surface area contributed by atoms with Gasteiger partial charge in [0.05, 0.1) is 0 Å². The third-order valence-corrected chi connectivity index (χ3v) is 5.33. The molecule has 0 spiro atoms. The van der Waals surface area contributed by atoms with Crippen LogP contribution in [0.5, 0.6) is 11.6 Å². The molecule has 0 fully saturated rings. The van der Waals surface area contributed by atoms with Crippen molar-refractivity contribution in [3.8, 4) is 22.8 Å². The smallest absolute Gasteiger partial charge is 0.477 e. The minimum absolute atomic E-state index is 0.0860. The van der Waals surface area contributed by atoms with Crippen LogP contribution >= 0.6 is 22.9 Å². The summed E-state index contributed by atoms with van der Waals surface area (Å²) in [6, 6.07) is 8.21. The van der Waals surface area contributed by atoms with Gasteiger partial charge in [-0.15, -0.1) is 13.2 Å². The van der Waals surface area contributed by atoms with Gasteiger partial charge in [-0.25, -0.2) is 9.78 Å². The van der Waals surface area contributed by atoms with Gasteiger partial charge in [0.1, 0.15) is 23.6 Å². The predicted molar refractivity (Wildman–Crippen MR) is 104 cm³/mol. The molecule has 11 heteroatoms. The fourth-order valence-corrected chi connectivity index (χ4v) is 3.94. The van der Waals surface area contributed by atoms with Crippen molar-refractivity contribution < 1.29 is 27.4 Å². The van der Waals surface area contributed by atoms with Crippen molar-refractivity contribution in [3.05, 3.63) is 75.2 Å². The molecule has 3 heterocycles. The van der Waals surface area contributed by atoms with E-state index in [9.17, 15) is 23.1 Å². The molecule has 0 amide bonds. The number of benzene rings is 1. The zero-order chi connectivity index (χ0) is 21.5. The summed E-state index contributed by atoms with van der Waals surface area (Å²) >= 11 is 7.03. The second-order valence-electron chi connectivity index (χ2n) is 6.21. The number of rotatable bonds is 4. The first kappa shape index (κ1) is 20.2. The maximum Gasteiger partial charge on any atom is 0.573 e. The molecule has 154 valence electrons. The highest BCUT2D eigenvalue weighted by Gasteiger charge is 2.32. The van der Waals surface area contributed by atoms with Crippen LogP contribution < -0.4 is 14.7 Å². The summed E-state index contributed by atoms with van der Waals surface area (Å²) in [5.41, 5.74) is 0.0652. The van der Waals surface area contributed by atoms with Crippen LogP contribution in [-0.2, 0) is 6.54 Å². The maximum atomic E-state index is 13.0. The molecular weight excluding hydrogens is 443 g/mol. The molecule has 0 radical (unpaired) electrons. The van der Waals surface area contributed by atoms with E-state index in [1.807, 2.05) is 0 Å². The maximum absolute atomic E-state index is 13.0. The lowest BCUT2D eigenvalue weighted by Crippen LogP contribution is -2.41. The number of halogens is 4. The van der Waals surface area contributed by atoms with Crippen LogP contribution in [0.3, 0.4) is 0 Å². The molecule has 3 aromatic heterocycles. The predicted octanol–water partition coefficient (Wildman–Crippen LogP) is 4.02. The lowest BCUT2D eigenvalue weighted by molar-refractivity contribution is -0.527. The second-order valence-corrected chi connectivity index (χ2v) is 7.47. The Bertz CT molecular complexity index is 1290. The summed E-state index contributed by atoms with van der Waals surface area (Å²) in [5, 5.41) is 12.9. The molecule has 0 aliphatic carbocycles. The van der Waals surface area contributed by atoms with Crippen LogP contribution in [-0.4, -0.2) is 21.0 Å². The Morgan fingerprint density at radius 2 is 2.07 bits per heavy atom. The van der Waals surface area contributed by atoms with Crippen LogP contribution in [0.4, 0.5) is 13.2 Å². The van der Waals surface area contributed by atoms with Gasteiger partial charge in [-0.3, -0.25) is 0 Å². The number of thiazole rings is 1. The zero-order valence-electron chi connectivity index (χ0n) is 14.9. The minimum Gasteiger partial charge on any atom is -0.477 e. The van der Waals surface area contributed by atoms with E-state index in [1.54, 1.807) is 17.5 Å². The molecular formula is C19H12ClF3N3O3S+. The summed E-state index contributed by atoms with van der Waals surface area (Å²) in [5.74, 6) is -0.885. The van der Waals surface area contributed by atoms with Gasteiger partial charge >= 0.3 is 16.9 Å². The Kier molecular flexibility index (Phi) is 5.12. The fraction of sp³-hybridized carbons (Fsp3) is 0.105. The quantitative estimate of drug-likeness (QED) is 0.373. The number of hydrogen-bond acceptors (Lipinski definition) is 5. The Balaban J connectivity index is 1.88. The first-order valence-corrected chi connectivity index (χ1v) is 9.70. The van der Waals surface area contributed by atoms with Crippen molar-refractivity contribution in [1.82, 2.24) is 9.55 Å². The van der Waals surface area contributed by atoms with Crippen molar-refractivity contribution in [1.29, 1.82) is 0 Å². The summed E-state index contributed by atoms with van der Waals surface area (Å²) in [6.07, 6.45) is -1.83. The largest absolute Gasteiger partial charge is 0.573 e. The molecule has 30 heavy (non-hydrogen) atoms. The Labute approximate surface area is 176 Å². The molecule has 1 aromatic carbocycles. The number of pyridine rings is 1. The van der Waals surface area contributed by atoms with Gasteiger partial charge < -0.3 is 9.84 Å². The molecule has 4 aromatic rings. The van der Waals surface area contributed by atoms with Gasteiger partial charge in [-0.05, 0) is 18.2 Å². The second kappa shape index (κ2) is 7.62. The minimum atomic E-state index is -4.88. The number of alkyl halides is 3. The number of nitrogens with zero attached hydrogens (tertiary/aromatic N) is 3. The summed E-state index contributed by atoms with van der Waals surface area (Å²) in [6.45, 7) is 0.159. The third kappa shape index (κ3) is 3.96. The van der Waals surface area contributed by atoms with Gasteiger partial charge in [0, 0.05) is 22.7 Å². The molecule has 0 bridgehead atoms. The zero-order valence-corrected chi connectivity index (χ0v) is 16.5. The number of hydrogen-bond donors (Lipinski definition) is 1. The van der Waals surface area contributed by atoms with Crippen LogP contribution in [0.15, 0.2) is 59.0 Å². The monoisotopic (exact) mass is 454 g/mol. The standard InChI is InChI=1S/C19H11ClF3N3O3S/c20-14-5-4-11(9-24-14)10-26-17(28)15(16(27)25-6-7-30-18(25)26)12-2-1-3-13(8-12)29-19(21,22)23/h1-9H,10H2/p+1. The number of fused-ring (bicyclic) bond motifs is 1. The number of aromatic nitrogens is 3. The molecule has 4 rings (SSSR count). The van der Waals surface area contributed by atoms with Crippen molar-refractivity contribution in [2.45, 2.75) is 12.9 Å². The van der Waals surface area contributed by atoms with Gasteiger partial charge in [-0.1, -0.05) is 41.1 Å². The topological polar surface area (TPSA) is 68.4 Å². The van der Waals surface area contributed by atoms with Gasteiger partial charge in [-0.2, -0.15) is 8.97 Å². The summed E-state index contributed by atoms with van der Waals surface area (Å²) in [4.78, 5) is 17.4. The molecule has 0 aliphatic rings. The lowest BCUT2D eigenvalue weighted by atomic mass is 10.1. The van der Waals surface area contributed by atoms with E-state index in [1.165, 1.54) is 44.8 Å². The highest BCUT2D eigenvalue weighted by Crippen LogP contribution is 2.31. The highest BCUT2D eigenvalue weighted by atomic mass is 35.5. The normalized spacial score (nSPS) is 11.7. The molecule has 6 nitrogen and oxygen atoms in total.